The first-order valence-electron chi connectivity index (χ1n) is 6.79. The van der Waals surface area contributed by atoms with Gasteiger partial charge in [-0.15, -0.1) is 22.7 Å². The Labute approximate surface area is 125 Å². The van der Waals surface area contributed by atoms with E-state index in [1.807, 2.05) is 0 Å². The lowest BCUT2D eigenvalue weighted by Gasteiger charge is -2.19. The second-order valence-electron chi connectivity index (χ2n) is 5.09. The number of benzene rings is 1. The molecule has 2 aromatic heterocycles. The zero-order valence-electron chi connectivity index (χ0n) is 11.0. The van der Waals surface area contributed by atoms with Crippen LogP contribution in [0.15, 0.2) is 35.7 Å². The highest BCUT2D eigenvalue weighted by molar-refractivity contribution is 7.27. The number of ether oxygens (including phenoxy) is 1. The number of aryl methyl sites for hydroxylation is 1. The van der Waals surface area contributed by atoms with Crippen molar-refractivity contribution in [3.05, 3.63) is 51.7 Å². The van der Waals surface area contributed by atoms with Crippen LogP contribution in [0.5, 0.6) is 5.75 Å². The van der Waals surface area contributed by atoms with Gasteiger partial charge in [-0.1, -0.05) is 12.1 Å². The van der Waals surface area contributed by atoms with E-state index in [1.54, 1.807) is 22.7 Å². The molecule has 102 valence electrons. The summed E-state index contributed by atoms with van der Waals surface area (Å²) in [5.41, 5.74) is 8.92. The number of thiophene rings is 2. The van der Waals surface area contributed by atoms with Gasteiger partial charge in [0.2, 0.25) is 0 Å². The predicted molar refractivity (Wildman–Crippen MR) is 86.0 cm³/mol. The van der Waals surface area contributed by atoms with Crippen LogP contribution in [-0.2, 0) is 6.42 Å². The molecule has 1 aliphatic heterocycles. The largest absolute Gasteiger partial charge is 0.493 e. The van der Waals surface area contributed by atoms with Crippen molar-refractivity contribution < 1.29 is 4.74 Å². The molecule has 3 aromatic rings. The molecular formula is C16H15NOS2. The van der Waals surface area contributed by atoms with Gasteiger partial charge in [-0.3, -0.25) is 0 Å². The van der Waals surface area contributed by atoms with Crippen molar-refractivity contribution in [2.24, 2.45) is 5.73 Å². The summed E-state index contributed by atoms with van der Waals surface area (Å²) < 4.78 is 8.33. The Balaban J connectivity index is 1.70. The molecule has 1 aromatic carbocycles. The van der Waals surface area contributed by atoms with E-state index < -0.39 is 0 Å². The zero-order valence-corrected chi connectivity index (χ0v) is 12.6. The lowest BCUT2D eigenvalue weighted by atomic mass is 9.99. The molecule has 1 atom stereocenters. The smallest absolute Gasteiger partial charge is 0.122 e. The molecule has 2 N–H and O–H groups in total. The van der Waals surface area contributed by atoms with Crippen LogP contribution >= 0.6 is 22.7 Å². The Hall–Kier alpha value is -1.36. The summed E-state index contributed by atoms with van der Waals surface area (Å²) in [6, 6.07) is 10.7. The standard InChI is InChI=1S/C16H15NOS2/c17-16(15-9-14-13(20-15)5-7-19-14)11-3-4-12-10(8-11)2-1-6-18-12/h3-5,7-9,16H,1-2,6,17H2. The van der Waals surface area contributed by atoms with Crippen LogP contribution < -0.4 is 10.5 Å². The van der Waals surface area contributed by atoms with E-state index in [0.717, 1.165) is 25.2 Å². The zero-order chi connectivity index (χ0) is 13.5. The molecule has 0 aliphatic carbocycles. The quantitative estimate of drug-likeness (QED) is 0.764. The fourth-order valence-corrected chi connectivity index (χ4v) is 4.83. The van der Waals surface area contributed by atoms with Crippen LogP contribution in [-0.4, -0.2) is 6.61 Å². The first kappa shape index (κ1) is 12.4. The highest BCUT2D eigenvalue weighted by Crippen LogP contribution is 2.36. The Morgan fingerprint density at radius 3 is 3.00 bits per heavy atom. The van der Waals surface area contributed by atoms with E-state index >= 15 is 0 Å². The van der Waals surface area contributed by atoms with Gasteiger partial charge in [-0.05, 0) is 47.5 Å². The fourth-order valence-electron chi connectivity index (χ4n) is 2.68. The highest BCUT2D eigenvalue weighted by atomic mass is 32.1. The molecule has 2 nitrogen and oxygen atoms in total. The maximum absolute atomic E-state index is 6.45. The molecule has 4 rings (SSSR count). The molecule has 0 fully saturated rings. The summed E-state index contributed by atoms with van der Waals surface area (Å²) in [5.74, 6) is 1.03. The van der Waals surface area contributed by atoms with Gasteiger partial charge < -0.3 is 10.5 Å². The third kappa shape index (κ3) is 2.04. The number of hydrogen-bond donors (Lipinski definition) is 1. The lowest BCUT2D eigenvalue weighted by molar-refractivity contribution is 0.288. The lowest BCUT2D eigenvalue weighted by Crippen LogP contribution is -2.13. The normalized spacial score (nSPS) is 15.8. The summed E-state index contributed by atoms with van der Waals surface area (Å²) >= 11 is 3.58. The van der Waals surface area contributed by atoms with Crippen LogP contribution in [0.3, 0.4) is 0 Å². The second-order valence-corrected chi connectivity index (χ2v) is 7.16. The van der Waals surface area contributed by atoms with Gasteiger partial charge in [-0.2, -0.15) is 0 Å². The van der Waals surface area contributed by atoms with E-state index in [9.17, 15) is 0 Å². The first-order chi connectivity index (χ1) is 9.81. The summed E-state index contributed by atoms with van der Waals surface area (Å²) in [6.07, 6.45) is 2.19. The van der Waals surface area contributed by atoms with Gasteiger partial charge in [-0.25, -0.2) is 0 Å². The third-order valence-corrected chi connectivity index (χ3v) is 5.93. The molecular weight excluding hydrogens is 286 g/mol. The summed E-state index contributed by atoms with van der Waals surface area (Å²) in [7, 11) is 0. The molecule has 1 aliphatic rings. The predicted octanol–water partition coefficient (Wildman–Crippen LogP) is 4.34. The summed E-state index contributed by atoms with van der Waals surface area (Å²) in [4.78, 5) is 1.24. The Kier molecular flexibility index (Phi) is 3.02. The van der Waals surface area contributed by atoms with Crippen molar-refractivity contribution >= 4 is 32.1 Å². The number of nitrogens with two attached hydrogens (primary N) is 1. The average molecular weight is 301 g/mol. The molecule has 4 heteroatoms. The summed E-state index contributed by atoms with van der Waals surface area (Å²) in [5, 5.41) is 2.13. The van der Waals surface area contributed by atoms with Crippen LogP contribution in [0.1, 0.15) is 28.5 Å². The van der Waals surface area contributed by atoms with E-state index in [4.69, 9.17) is 10.5 Å². The van der Waals surface area contributed by atoms with Crippen LogP contribution in [0.2, 0.25) is 0 Å². The summed E-state index contributed by atoms with van der Waals surface area (Å²) in [6.45, 7) is 0.833. The van der Waals surface area contributed by atoms with E-state index in [2.05, 4.69) is 35.7 Å². The Morgan fingerprint density at radius 1 is 1.15 bits per heavy atom. The molecule has 0 bridgehead atoms. The fraction of sp³-hybridized carbons (Fsp3) is 0.250. The van der Waals surface area contributed by atoms with Crippen molar-refractivity contribution in [3.8, 4) is 5.75 Å². The van der Waals surface area contributed by atoms with Gasteiger partial charge >= 0.3 is 0 Å². The van der Waals surface area contributed by atoms with Gasteiger partial charge in [0.15, 0.2) is 0 Å². The Morgan fingerprint density at radius 2 is 2.10 bits per heavy atom. The molecule has 0 radical (unpaired) electrons. The van der Waals surface area contributed by atoms with Gasteiger partial charge in [0.25, 0.3) is 0 Å². The minimum atomic E-state index is -0.0353. The van der Waals surface area contributed by atoms with Gasteiger partial charge in [0.05, 0.1) is 12.6 Å². The topological polar surface area (TPSA) is 35.2 Å². The van der Waals surface area contributed by atoms with Crippen molar-refractivity contribution in [2.75, 3.05) is 6.61 Å². The molecule has 3 heterocycles. The van der Waals surface area contributed by atoms with Gasteiger partial charge in [0.1, 0.15) is 5.75 Å². The van der Waals surface area contributed by atoms with Crippen LogP contribution in [0.25, 0.3) is 9.40 Å². The second kappa shape index (κ2) is 4.88. The maximum atomic E-state index is 6.45. The molecule has 0 saturated heterocycles. The van der Waals surface area contributed by atoms with E-state index in [0.29, 0.717) is 0 Å². The number of hydrogen-bond acceptors (Lipinski definition) is 4. The number of rotatable bonds is 2. The minimum absolute atomic E-state index is 0.0353. The maximum Gasteiger partial charge on any atom is 0.122 e. The third-order valence-electron chi connectivity index (χ3n) is 3.76. The average Bonchev–Trinajstić information content (AvgIpc) is 3.07. The minimum Gasteiger partial charge on any atom is -0.493 e. The van der Waals surface area contributed by atoms with Crippen molar-refractivity contribution in [3.63, 3.8) is 0 Å². The highest BCUT2D eigenvalue weighted by Gasteiger charge is 2.16. The van der Waals surface area contributed by atoms with Crippen molar-refractivity contribution in [2.45, 2.75) is 18.9 Å². The molecule has 0 spiro atoms. The van der Waals surface area contributed by atoms with Crippen molar-refractivity contribution in [1.82, 2.24) is 0 Å². The SMILES string of the molecule is NC(c1ccc2c(c1)CCCO2)c1cc2sccc2s1. The first-order valence-corrected chi connectivity index (χ1v) is 8.49. The Bertz CT molecular complexity index is 730. The van der Waals surface area contributed by atoms with Gasteiger partial charge in [0, 0.05) is 14.3 Å². The molecule has 0 saturated carbocycles. The van der Waals surface area contributed by atoms with Crippen LogP contribution in [0, 0.1) is 0 Å². The molecule has 1 unspecified atom stereocenters. The van der Waals surface area contributed by atoms with E-state index in [1.165, 1.54) is 25.4 Å². The monoisotopic (exact) mass is 301 g/mol. The molecule has 20 heavy (non-hydrogen) atoms. The van der Waals surface area contributed by atoms with Crippen molar-refractivity contribution in [1.29, 1.82) is 0 Å². The molecule has 0 amide bonds. The van der Waals surface area contributed by atoms with Crippen LogP contribution in [0.4, 0.5) is 0 Å². The number of fused-ring (bicyclic) bond motifs is 2. The van der Waals surface area contributed by atoms with E-state index in [-0.39, 0.29) is 6.04 Å².